The van der Waals surface area contributed by atoms with Crippen molar-refractivity contribution in [2.75, 3.05) is 20.8 Å². The number of hydrogen-bond acceptors (Lipinski definition) is 10. The highest BCUT2D eigenvalue weighted by Gasteiger charge is 2.48. The molecule has 2 bridgehead atoms. The summed E-state index contributed by atoms with van der Waals surface area (Å²) in [5.74, 6) is 3.21. The number of thiocarbonyl (C=S) groups is 1. The largest absolute Gasteiger partial charge is 0.508 e. The molecule has 3 fully saturated rings. The van der Waals surface area contributed by atoms with E-state index >= 15 is 0 Å². The number of nitrogens with zero attached hydrogens (tertiary/aromatic N) is 1. The molecule has 4 atom stereocenters. The summed E-state index contributed by atoms with van der Waals surface area (Å²) in [6.07, 6.45) is 7.76. The number of ether oxygens (including phenoxy) is 3. The van der Waals surface area contributed by atoms with E-state index < -0.39 is 12.0 Å². The van der Waals surface area contributed by atoms with Crippen molar-refractivity contribution in [2.45, 2.75) is 57.0 Å². The van der Waals surface area contributed by atoms with E-state index in [4.69, 9.17) is 36.6 Å². The van der Waals surface area contributed by atoms with Gasteiger partial charge < -0.3 is 29.5 Å². The normalized spacial score (nSPS) is 22.1. The molecule has 9 nitrogen and oxygen atoms in total. The zero-order valence-corrected chi connectivity index (χ0v) is 27.5. The molecule has 1 saturated heterocycles. The minimum absolute atomic E-state index is 0.0592. The fourth-order valence-electron chi connectivity index (χ4n) is 6.78. The van der Waals surface area contributed by atoms with Crippen LogP contribution in [0, 0.1) is 11.8 Å². The average Bonchev–Trinajstić information content (AvgIpc) is 3.84. The van der Waals surface area contributed by atoms with Gasteiger partial charge in [-0.3, -0.25) is 14.5 Å². The van der Waals surface area contributed by atoms with Crippen LogP contribution in [0.15, 0.2) is 57.9 Å². The highest BCUT2D eigenvalue weighted by Crippen LogP contribution is 2.49. The fraction of sp³-hybridized carbons (Fsp3) is 0.400. The average molecular weight is 663 g/mol. The number of furan rings is 1. The number of carbonyl (C=O) groups excluding carboxylic acids is 2. The highest BCUT2D eigenvalue weighted by atomic mass is 32.2. The lowest BCUT2D eigenvalue weighted by Crippen LogP contribution is -2.41. The Morgan fingerprint density at radius 2 is 1.87 bits per heavy atom. The first kappa shape index (κ1) is 32.2. The Morgan fingerprint density at radius 3 is 2.52 bits per heavy atom. The zero-order valence-electron chi connectivity index (χ0n) is 25.9. The third kappa shape index (κ3) is 6.96. The summed E-state index contributed by atoms with van der Waals surface area (Å²) >= 11 is 7.04. The van der Waals surface area contributed by atoms with Crippen molar-refractivity contribution in [1.29, 1.82) is 0 Å². The first-order chi connectivity index (χ1) is 22.2. The third-order valence-electron chi connectivity index (χ3n) is 9.13. The Morgan fingerprint density at radius 1 is 1.13 bits per heavy atom. The molecule has 2 aliphatic carbocycles. The maximum absolute atomic E-state index is 13.7. The summed E-state index contributed by atoms with van der Waals surface area (Å²) in [5, 5.41) is 9.48. The summed E-state index contributed by atoms with van der Waals surface area (Å²) in [6.45, 7) is 0.168. The standard InChI is InChI=1S/C35H38N2O7S2/c1-41-26-15-24(16-27(18-26)42-2)30-17-23(4-3-11-43-34(40)28(36)13-20-6-9-25(38)10-7-20)31(44-30)19-32-33(39)37(35(45)46-32)29-14-21-5-8-22(29)12-21/h6-7,9-10,15-19,21-22,28-29,38H,3-5,8,11-14,36H2,1-2H3. The molecular weight excluding hydrogens is 625 g/mol. The smallest absolute Gasteiger partial charge is 0.323 e. The minimum Gasteiger partial charge on any atom is -0.508 e. The zero-order chi connectivity index (χ0) is 32.4. The van der Waals surface area contributed by atoms with Gasteiger partial charge in [0, 0.05) is 23.7 Å². The van der Waals surface area contributed by atoms with Gasteiger partial charge in [-0.05, 0) is 91.8 Å². The molecule has 0 radical (unpaired) electrons. The third-order valence-corrected chi connectivity index (χ3v) is 10.5. The van der Waals surface area contributed by atoms with Gasteiger partial charge in [0.1, 0.15) is 39.1 Å². The SMILES string of the molecule is COc1cc(OC)cc(-c2cc(CCCOC(=O)C(N)Cc3ccc(O)cc3)c(C=C3SC(=S)N(C4CC5CCC4C5)C3=O)o2)c1. The Bertz CT molecular complexity index is 1630. The van der Waals surface area contributed by atoms with Crippen molar-refractivity contribution in [3.05, 3.63) is 70.3 Å². The lowest BCUT2D eigenvalue weighted by Gasteiger charge is -2.30. The predicted molar refractivity (Wildman–Crippen MR) is 181 cm³/mol. The van der Waals surface area contributed by atoms with Gasteiger partial charge in [0.15, 0.2) is 0 Å². The number of carbonyl (C=O) groups is 2. The maximum atomic E-state index is 13.7. The number of rotatable bonds is 12. The van der Waals surface area contributed by atoms with Crippen molar-refractivity contribution in [1.82, 2.24) is 4.90 Å². The van der Waals surface area contributed by atoms with E-state index in [0.29, 0.717) is 63.3 Å². The number of aryl methyl sites for hydroxylation is 1. The maximum Gasteiger partial charge on any atom is 0.323 e. The van der Waals surface area contributed by atoms with Gasteiger partial charge in [-0.15, -0.1) is 0 Å². The van der Waals surface area contributed by atoms with E-state index in [2.05, 4.69) is 0 Å². The van der Waals surface area contributed by atoms with Crippen LogP contribution in [0.1, 0.15) is 49.0 Å². The molecule has 6 rings (SSSR count). The van der Waals surface area contributed by atoms with Crippen LogP contribution in [0.25, 0.3) is 17.4 Å². The summed E-state index contributed by atoms with van der Waals surface area (Å²) in [4.78, 5) is 28.6. The van der Waals surface area contributed by atoms with E-state index in [1.165, 1.54) is 24.6 Å². The van der Waals surface area contributed by atoms with E-state index in [0.717, 1.165) is 29.5 Å². The van der Waals surface area contributed by atoms with E-state index in [1.54, 1.807) is 50.6 Å². The van der Waals surface area contributed by atoms with Gasteiger partial charge in [-0.25, -0.2) is 0 Å². The molecule has 3 N–H and O–H groups in total. The predicted octanol–water partition coefficient (Wildman–Crippen LogP) is 6.11. The molecule has 4 unspecified atom stereocenters. The van der Waals surface area contributed by atoms with E-state index in [1.807, 2.05) is 23.1 Å². The Hall–Kier alpha value is -3.80. The number of hydrogen-bond donors (Lipinski definition) is 2. The number of thioether (sulfide) groups is 1. The summed E-state index contributed by atoms with van der Waals surface area (Å²) < 4.78 is 23.4. The number of amides is 1. The number of methoxy groups -OCH3 is 2. The van der Waals surface area contributed by atoms with Crippen LogP contribution in [0.4, 0.5) is 0 Å². The van der Waals surface area contributed by atoms with E-state index in [9.17, 15) is 14.7 Å². The molecule has 2 aromatic carbocycles. The monoisotopic (exact) mass is 662 g/mol. The second kappa shape index (κ2) is 13.9. The molecule has 242 valence electrons. The number of phenolic OH excluding ortho intramolecular Hbond substituents is 1. The van der Waals surface area contributed by atoms with Gasteiger partial charge in [-0.2, -0.15) is 0 Å². The Balaban J connectivity index is 1.18. The quantitative estimate of drug-likeness (QED) is 0.102. The van der Waals surface area contributed by atoms with Gasteiger partial charge in [0.25, 0.3) is 5.91 Å². The summed E-state index contributed by atoms with van der Waals surface area (Å²) in [6, 6.07) is 13.4. The van der Waals surface area contributed by atoms with Gasteiger partial charge in [-0.1, -0.05) is 42.5 Å². The second-order valence-corrected chi connectivity index (χ2v) is 13.8. The van der Waals surface area contributed by atoms with Crippen LogP contribution in [0.5, 0.6) is 17.2 Å². The van der Waals surface area contributed by atoms with Crippen molar-refractivity contribution < 1.29 is 33.3 Å². The number of aromatic hydroxyl groups is 1. The lowest BCUT2D eigenvalue weighted by molar-refractivity contribution is -0.145. The van der Waals surface area contributed by atoms with Crippen LogP contribution in [-0.4, -0.2) is 59.1 Å². The van der Waals surface area contributed by atoms with Crippen LogP contribution in [-0.2, 0) is 27.2 Å². The summed E-state index contributed by atoms with van der Waals surface area (Å²) in [5.41, 5.74) is 8.54. The molecule has 1 aliphatic heterocycles. The van der Waals surface area contributed by atoms with Crippen LogP contribution in [0.2, 0.25) is 0 Å². The number of esters is 1. The fourth-order valence-corrected chi connectivity index (χ4v) is 8.12. The number of phenols is 1. The van der Waals surface area contributed by atoms with Gasteiger partial charge in [0.2, 0.25) is 0 Å². The summed E-state index contributed by atoms with van der Waals surface area (Å²) in [7, 11) is 3.18. The van der Waals surface area contributed by atoms with Crippen molar-refractivity contribution in [2.24, 2.45) is 17.6 Å². The van der Waals surface area contributed by atoms with Crippen LogP contribution < -0.4 is 15.2 Å². The number of fused-ring (bicyclic) bond motifs is 2. The molecule has 2 heterocycles. The van der Waals surface area contributed by atoms with Crippen molar-refractivity contribution in [3.8, 4) is 28.6 Å². The van der Waals surface area contributed by atoms with Gasteiger partial charge >= 0.3 is 5.97 Å². The first-order valence-corrected chi connectivity index (χ1v) is 16.8. The molecular formula is C35H38N2O7S2. The molecule has 46 heavy (non-hydrogen) atoms. The highest BCUT2D eigenvalue weighted by molar-refractivity contribution is 8.26. The van der Waals surface area contributed by atoms with Crippen molar-refractivity contribution >= 4 is 46.3 Å². The Kier molecular flexibility index (Phi) is 9.72. The Labute approximate surface area is 278 Å². The molecule has 11 heteroatoms. The van der Waals surface area contributed by atoms with Crippen molar-refractivity contribution in [3.63, 3.8) is 0 Å². The number of nitrogens with two attached hydrogens (primary N) is 1. The van der Waals surface area contributed by atoms with Gasteiger partial charge in [0.05, 0.1) is 25.7 Å². The molecule has 0 spiro atoms. The van der Waals surface area contributed by atoms with Crippen LogP contribution in [0.3, 0.4) is 0 Å². The molecule has 3 aliphatic rings. The number of benzene rings is 2. The second-order valence-electron chi connectivity index (χ2n) is 12.1. The molecule has 1 aromatic heterocycles. The first-order valence-electron chi connectivity index (χ1n) is 15.6. The molecule has 3 aromatic rings. The van der Waals surface area contributed by atoms with E-state index in [-0.39, 0.29) is 24.3 Å². The topological polar surface area (TPSA) is 124 Å². The molecule has 2 saturated carbocycles. The minimum atomic E-state index is -0.819. The van der Waals surface area contributed by atoms with Crippen LogP contribution >= 0.6 is 24.0 Å². The molecule has 1 amide bonds. The lowest BCUT2D eigenvalue weighted by atomic mass is 9.94.